The lowest BCUT2D eigenvalue weighted by molar-refractivity contribution is -0.133. The highest BCUT2D eigenvalue weighted by atomic mass is 16.5. The van der Waals surface area contributed by atoms with Gasteiger partial charge in [0.15, 0.2) is 6.10 Å². The molecule has 0 saturated carbocycles. The van der Waals surface area contributed by atoms with Gasteiger partial charge in [-0.05, 0) is 62.6 Å². The number of ether oxygens (including phenoxy) is 1. The van der Waals surface area contributed by atoms with Gasteiger partial charge in [-0.1, -0.05) is 24.3 Å². The van der Waals surface area contributed by atoms with Gasteiger partial charge in [-0.25, -0.2) is 0 Å². The summed E-state index contributed by atoms with van der Waals surface area (Å²) in [5, 5.41) is 2.80. The number of rotatable bonds is 7. The molecule has 0 radical (unpaired) electrons. The molecule has 2 rings (SSSR count). The van der Waals surface area contributed by atoms with E-state index in [0.29, 0.717) is 5.75 Å². The predicted octanol–water partition coefficient (Wildman–Crippen LogP) is 2.95. The number of carbonyl (C=O) groups is 3. The van der Waals surface area contributed by atoms with Crippen LogP contribution in [0.25, 0.3) is 0 Å². The van der Waals surface area contributed by atoms with Crippen molar-refractivity contribution in [2.45, 2.75) is 46.6 Å². The molecule has 0 aliphatic rings. The van der Waals surface area contributed by atoms with E-state index >= 15 is 0 Å². The minimum absolute atomic E-state index is 0.00440. The third kappa shape index (κ3) is 7.29. The summed E-state index contributed by atoms with van der Waals surface area (Å²) in [5.41, 5.74) is 8.34. The van der Waals surface area contributed by atoms with Crippen molar-refractivity contribution in [2.24, 2.45) is 0 Å². The van der Waals surface area contributed by atoms with Gasteiger partial charge >= 0.3 is 0 Å². The van der Waals surface area contributed by atoms with E-state index in [1.165, 1.54) is 0 Å². The molecule has 7 nitrogen and oxygen atoms in total. The van der Waals surface area contributed by atoms with Crippen LogP contribution in [0, 0.1) is 20.8 Å². The molecule has 0 fully saturated rings. The van der Waals surface area contributed by atoms with Gasteiger partial charge in [-0.2, -0.15) is 0 Å². The molecule has 2 aromatic rings. The average Bonchev–Trinajstić information content (AvgIpc) is 2.67. The first-order valence-electron chi connectivity index (χ1n) is 9.43. The van der Waals surface area contributed by atoms with Gasteiger partial charge in [0.1, 0.15) is 5.75 Å². The molecule has 154 valence electrons. The van der Waals surface area contributed by atoms with Gasteiger partial charge in [-0.3, -0.25) is 25.2 Å². The van der Waals surface area contributed by atoms with Gasteiger partial charge in [0.25, 0.3) is 5.91 Å². The Hall–Kier alpha value is -3.35. The SMILES string of the molecule is Cc1cccc(OC(C)C(=O)NNC(=O)CCC(=O)Nc2cc(C)ccc2C)c1. The highest BCUT2D eigenvalue weighted by Crippen LogP contribution is 2.17. The van der Waals surface area contributed by atoms with E-state index in [1.54, 1.807) is 13.0 Å². The van der Waals surface area contributed by atoms with E-state index in [0.717, 1.165) is 22.4 Å². The first kappa shape index (κ1) is 21.9. The molecule has 29 heavy (non-hydrogen) atoms. The summed E-state index contributed by atoms with van der Waals surface area (Å²) in [6.07, 6.45) is -0.834. The molecule has 0 aliphatic heterocycles. The van der Waals surface area contributed by atoms with Crippen LogP contribution in [0.2, 0.25) is 0 Å². The van der Waals surface area contributed by atoms with Crippen molar-refractivity contribution >= 4 is 23.4 Å². The van der Waals surface area contributed by atoms with E-state index in [4.69, 9.17) is 4.74 Å². The maximum absolute atomic E-state index is 12.1. The number of hydrazine groups is 1. The Bertz CT molecular complexity index is 895. The summed E-state index contributed by atoms with van der Waals surface area (Å²) in [4.78, 5) is 36.0. The number of benzene rings is 2. The number of carbonyl (C=O) groups excluding carboxylic acids is 3. The van der Waals surface area contributed by atoms with Gasteiger partial charge < -0.3 is 10.1 Å². The number of amides is 3. The molecular weight excluding hydrogens is 370 g/mol. The lowest BCUT2D eigenvalue weighted by Crippen LogP contribution is -2.47. The lowest BCUT2D eigenvalue weighted by Gasteiger charge is -2.15. The van der Waals surface area contributed by atoms with Gasteiger partial charge in [0.05, 0.1) is 0 Å². The molecule has 3 amide bonds. The quantitative estimate of drug-likeness (QED) is 0.626. The molecule has 0 saturated heterocycles. The van der Waals surface area contributed by atoms with Crippen LogP contribution in [0.3, 0.4) is 0 Å². The van der Waals surface area contributed by atoms with Crippen molar-refractivity contribution in [3.8, 4) is 5.75 Å². The number of hydrogen-bond acceptors (Lipinski definition) is 4. The van der Waals surface area contributed by atoms with Crippen LogP contribution in [0.1, 0.15) is 36.5 Å². The first-order valence-corrected chi connectivity index (χ1v) is 9.43. The van der Waals surface area contributed by atoms with Crippen LogP contribution < -0.4 is 20.9 Å². The Morgan fingerprint density at radius 3 is 2.31 bits per heavy atom. The fourth-order valence-corrected chi connectivity index (χ4v) is 2.55. The third-order valence-electron chi connectivity index (χ3n) is 4.24. The number of nitrogens with one attached hydrogen (secondary N) is 3. The Kier molecular flexibility index (Phi) is 7.77. The third-order valence-corrected chi connectivity index (χ3v) is 4.24. The zero-order chi connectivity index (χ0) is 21.4. The Balaban J connectivity index is 1.72. The maximum Gasteiger partial charge on any atom is 0.279 e. The molecule has 0 bridgehead atoms. The molecule has 7 heteroatoms. The Morgan fingerprint density at radius 1 is 0.897 bits per heavy atom. The van der Waals surface area contributed by atoms with Crippen molar-refractivity contribution < 1.29 is 19.1 Å². The topological polar surface area (TPSA) is 96.5 Å². The normalized spacial score (nSPS) is 11.3. The van der Waals surface area contributed by atoms with E-state index in [-0.39, 0.29) is 18.7 Å². The van der Waals surface area contributed by atoms with Crippen molar-refractivity contribution in [1.82, 2.24) is 10.9 Å². The number of anilines is 1. The molecular formula is C22H27N3O4. The smallest absolute Gasteiger partial charge is 0.279 e. The fourth-order valence-electron chi connectivity index (χ4n) is 2.55. The van der Waals surface area contributed by atoms with Crippen LogP contribution in [0.5, 0.6) is 5.75 Å². The van der Waals surface area contributed by atoms with Gasteiger partial charge in [0, 0.05) is 18.5 Å². The monoisotopic (exact) mass is 397 g/mol. The average molecular weight is 397 g/mol. The van der Waals surface area contributed by atoms with E-state index in [2.05, 4.69) is 16.2 Å². The molecule has 0 aromatic heterocycles. The van der Waals surface area contributed by atoms with E-state index in [1.807, 2.05) is 57.2 Å². The van der Waals surface area contributed by atoms with E-state index < -0.39 is 17.9 Å². The van der Waals surface area contributed by atoms with Crippen LogP contribution in [-0.2, 0) is 14.4 Å². The van der Waals surface area contributed by atoms with Crippen LogP contribution in [0.15, 0.2) is 42.5 Å². The van der Waals surface area contributed by atoms with E-state index in [9.17, 15) is 14.4 Å². The number of hydrogen-bond donors (Lipinski definition) is 3. The summed E-state index contributed by atoms with van der Waals surface area (Å²) < 4.78 is 5.55. The van der Waals surface area contributed by atoms with Gasteiger partial charge in [0.2, 0.25) is 11.8 Å². The second kappa shape index (κ2) is 10.3. The second-order valence-corrected chi connectivity index (χ2v) is 6.98. The highest BCUT2D eigenvalue weighted by molar-refractivity contribution is 5.94. The number of aryl methyl sites for hydroxylation is 3. The fraction of sp³-hybridized carbons (Fsp3) is 0.318. The summed E-state index contributed by atoms with van der Waals surface area (Å²) in [6, 6.07) is 13.1. The maximum atomic E-state index is 12.1. The largest absolute Gasteiger partial charge is 0.481 e. The lowest BCUT2D eigenvalue weighted by atomic mass is 10.1. The minimum atomic E-state index is -0.787. The molecule has 0 heterocycles. The molecule has 2 aromatic carbocycles. The van der Waals surface area contributed by atoms with Crippen LogP contribution in [0.4, 0.5) is 5.69 Å². The molecule has 0 aliphatic carbocycles. The van der Waals surface area contributed by atoms with Crippen molar-refractivity contribution in [3.05, 3.63) is 59.2 Å². The van der Waals surface area contributed by atoms with Crippen molar-refractivity contribution in [1.29, 1.82) is 0 Å². The highest BCUT2D eigenvalue weighted by Gasteiger charge is 2.16. The summed E-state index contributed by atoms with van der Waals surface area (Å²) in [6.45, 7) is 7.35. The Labute approximate surface area is 170 Å². The molecule has 1 atom stereocenters. The minimum Gasteiger partial charge on any atom is -0.481 e. The Morgan fingerprint density at radius 2 is 1.59 bits per heavy atom. The first-order chi connectivity index (χ1) is 13.7. The predicted molar refractivity (Wildman–Crippen MR) is 111 cm³/mol. The second-order valence-electron chi connectivity index (χ2n) is 6.98. The summed E-state index contributed by atoms with van der Waals surface area (Å²) in [5.74, 6) is -0.643. The standard InChI is InChI=1S/C22H27N3O4/c1-14-6-5-7-18(12-14)29-17(4)22(28)25-24-21(27)11-10-20(26)23-19-13-15(2)8-9-16(19)3/h5-9,12-13,17H,10-11H2,1-4H3,(H,23,26)(H,24,27)(H,25,28). The summed E-state index contributed by atoms with van der Waals surface area (Å²) >= 11 is 0. The zero-order valence-electron chi connectivity index (χ0n) is 17.2. The summed E-state index contributed by atoms with van der Waals surface area (Å²) in [7, 11) is 0. The van der Waals surface area contributed by atoms with Crippen LogP contribution >= 0.6 is 0 Å². The zero-order valence-corrected chi connectivity index (χ0v) is 17.2. The van der Waals surface area contributed by atoms with Crippen molar-refractivity contribution in [2.75, 3.05) is 5.32 Å². The van der Waals surface area contributed by atoms with Crippen molar-refractivity contribution in [3.63, 3.8) is 0 Å². The van der Waals surface area contributed by atoms with Crippen LogP contribution in [-0.4, -0.2) is 23.8 Å². The molecule has 0 spiro atoms. The van der Waals surface area contributed by atoms with Gasteiger partial charge in [-0.15, -0.1) is 0 Å². The molecule has 1 unspecified atom stereocenters. The molecule has 3 N–H and O–H groups in total.